The number of hydrogen-bond acceptors (Lipinski definition) is 4. The van der Waals surface area contributed by atoms with Crippen LogP contribution in [0.25, 0.3) is 0 Å². The average molecular weight is 547 g/mol. The number of likely N-dealkylation sites (N-methyl/N-ethyl adjacent to an activating group) is 1. The molecule has 0 aliphatic rings. The third-order valence-corrected chi connectivity index (χ3v) is 4.03. The molecule has 148 valence electrons. The minimum Gasteiger partial charge on any atom is -0.392 e. The van der Waals surface area contributed by atoms with Gasteiger partial charge in [0, 0.05) is 58.4 Å². The number of ether oxygens (including phenoxy) is 1. The van der Waals surface area contributed by atoms with Crippen molar-refractivity contribution in [3.8, 4) is 0 Å². The van der Waals surface area contributed by atoms with Crippen molar-refractivity contribution in [1.82, 2.24) is 5.32 Å². The van der Waals surface area contributed by atoms with Crippen LogP contribution in [0.5, 0.6) is 0 Å². The SMILES string of the molecule is CCCCCCCCCCCCCCCC(=O)OC(=O)CNC.[Au].[Na]. The van der Waals surface area contributed by atoms with Gasteiger partial charge in [0.05, 0.1) is 6.54 Å². The molecule has 0 rings (SSSR count). The van der Waals surface area contributed by atoms with E-state index in [0.29, 0.717) is 6.42 Å². The average Bonchev–Trinajstić information content (AvgIpc) is 2.52. The minimum absolute atomic E-state index is 0. The molecular weight excluding hydrogens is 510 g/mol. The predicted molar refractivity (Wildman–Crippen MR) is 101 cm³/mol. The van der Waals surface area contributed by atoms with E-state index in [1.807, 2.05) is 0 Å². The summed E-state index contributed by atoms with van der Waals surface area (Å²) in [6.45, 7) is 2.34. The van der Waals surface area contributed by atoms with E-state index in [0.717, 1.165) is 12.8 Å². The first-order chi connectivity index (χ1) is 11.2. The third-order valence-electron chi connectivity index (χ3n) is 4.03. The van der Waals surface area contributed by atoms with Crippen LogP contribution in [-0.4, -0.2) is 55.1 Å². The van der Waals surface area contributed by atoms with Crippen LogP contribution in [-0.2, 0) is 36.7 Å². The zero-order valence-electron chi connectivity index (χ0n) is 16.6. The zero-order chi connectivity index (χ0) is 17.2. The van der Waals surface area contributed by atoms with Gasteiger partial charge < -0.3 is 10.1 Å². The quantitative estimate of drug-likeness (QED) is 0.135. The fraction of sp³-hybridized carbons (Fsp3) is 0.895. The summed E-state index contributed by atoms with van der Waals surface area (Å²) < 4.78 is 4.66. The molecule has 0 aromatic carbocycles. The van der Waals surface area contributed by atoms with E-state index in [2.05, 4.69) is 17.0 Å². The van der Waals surface area contributed by atoms with Crippen molar-refractivity contribution in [2.24, 2.45) is 0 Å². The second-order valence-electron chi connectivity index (χ2n) is 6.37. The molecule has 0 bridgehead atoms. The summed E-state index contributed by atoms with van der Waals surface area (Å²) in [6, 6.07) is 0. The maximum Gasteiger partial charge on any atom is 0.327 e. The molecule has 0 aromatic rings. The van der Waals surface area contributed by atoms with E-state index in [1.54, 1.807) is 7.05 Å². The van der Waals surface area contributed by atoms with Crippen molar-refractivity contribution < 1.29 is 36.7 Å². The first-order valence-corrected chi connectivity index (χ1v) is 9.58. The van der Waals surface area contributed by atoms with Gasteiger partial charge in [-0.25, -0.2) is 0 Å². The van der Waals surface area contributed by atoms with E-state index in [-0.39, 0.29) is 58.5 Å². The van der Waals surface area contributed by atoms with E-state index >= 15 is 0 Å². The van der Waals surface area contributed by atoms with Crippen molar-refractivity contribution in [3.63, 3.8) is 0 Å². The second-order valence-corrected chi connectivity index (χ2v) is 6.37. The van der Waals surface area contributed by atoms with E-state index in [9.17, 15) is 9.59 Å². The molecule has 0 saturated heterocycles. The Morgan fingerprint density at radius 2 is 1.12 bits per heavy atom. The fourth-order valence-electron chi connectivity index (χ4n) is 2.65. The summed E-state index contributed by atoms with van der Waals surface area (Å²) in [7, 11) is 1.65. The number of hydrogen-bond donors (Lipinski definition) is 1. The maximum atomic E-state index is 11.4. The van der Waals surface area contributed by atoms with Gasteiger partial charge in [0.25, 0.3) is 0 Å². The van der Waals surface area contributed by atoms with Gasteiger partial charge in [-0.15, -0.1) is 0 Å². The summed E-state index contributed by atoms with van der Waals surface area (Å²) >= 11 is 0. The van der Waals surface area contributed by atoms with Crippen LogP contribution < -0.4 is 5.32 Å². The molecule has 6 heteroatoms. The van der Waals surface area contributed by atoms with Crippen molar-refractivity contribution in [2.75, 3.05) is 13.6 Å². The third kappa shape index (κ3) is 24.8. The number of rotatable bonds is 16. The Labute approximate surface area is 192 Å². The van der Waals surface area contributed by atoms with Crippen LogP contribution in [0.4, 0.5) is 0 Å². The molecule has 0 atom stereocenters. The van der Waals surface area contributed by atoms with Crippen molar-refractivity contribution in [3.05, 3.63) is 0 Å². The minimum atomic E-state index is -0.493. The first kappa shape index (κ1) is 30.6. The first-order valence-electron chi connectivity index (χ1n) is 9.58. The Hall–Kier alpha value is 0.840. The predicted octanol–water partition coefficient (Wildman–Crippen LogP) is 4.37. The molecule has 0 fully saturated rings. The summed E-state index contributed by atoms with van der Waals surface area (Å²) in [5.41, 5.74) is 0. The second kappa shape index (κ2) is 24.8. The number of carbonyl (C=O) groups excluding carboxylic acids is 2. The van der Waals surface area contributed by atoms with Crippen LogP contribution in [0, 0.1) is 0 Å². The van der Waals surface area contributed by atoms with Crippen molar-refractivity contribution >= 4 is 41.5 Å². The van der Waals surface area contributed by atoms with Gasteiger partial charge in [-0.05, 0) is 13.5 Å². The van der Waals surface area contributed by atoms with Crippen LogP contribution in [0.1, 0.15) is 96.8 Å². The van der Waals surface area contributed by atoms with Crippen LogP contribution in [0.2, 0.25) is 0 Å². The topological polar surface area (TPSA) is 55.4 Å². The molecule has 0 amide bonds. The number of unbranched alkanes of at least 4 members (excludes halogenated alkanes) is 12. The number of nitrogens with one attached hydrogen (secondary N) is 1. The molecular formula is C19H37AuNNaO3. The van der Waals surface area contributed by atoms with Gasteiger partial charge in [-0.3, -0.25) is 9.59 Å². The van der Waals surface area contributed by atoms with Gasteiger partial charge in [0.2, 0.25) is 0 Å². The molecule has 0 aliphatic heterocycles. The molecule has 0 aromatic heterocycles. The largest absolute Gasteiger partial charge is 0.392 e. The Kier molecular flexibility index (Phi) is 30.4. The Morgan fingerprint density at radius 1 is 0.720 bits per heavy atom. The van der Waals surface area contributed by atoms with Crippen LogP contribution >= 0.6 is 0 Å². The number of esters is 2. The van der Waals surface area contributed by atoms with E-state index in [1.165, 1.54) is 70.6 Å². The molecule has 0 aliphatic carbocycles. The molecule has 0 saturated carbocycles. The normalized spacial score (nSPS) is 9.84. The Morgan fingerprint density at radius 3 is 1.52 bits per heavy atom. The molecule has 25 heavy (non-hydrogen) atoms. The number of carbonyl (C=O) groups is 2. The van der Waals surface area contributed by atoms with E-state index in [4.69, 9.17) is 0 Å². The maximum absolute atomic E-state index is 11.4. The zero-order valence-corrected chi connectivity index (χ0v) is 20.8. The molecule has 1 N–H and O–H groups in total. The summed E-state index contributed by atoms with van der Waals surface area (Å²) in [5, 5.41) is 2.66. The van der Waals surface area contributed by atoms with Crippen molar-refractivity contribution in [1.29, 1.82) is 0 Å². The smallest absolute Gasteiger partial charge is 0.327 e. The van der Waals surface area contributed by atoms with Gasteiger partial charge >= 0.3 is 11.9 Å². The van der Waals surface area contributed by atoms with Crippen LogP contribution in [0.3, 0.4) is 0 Å². The summed E-state index contributed by atoms with van der Waals surface area (Å²) in [5.74, 6) is -0.888. The van der Waals surface area contributed by atoms with Crippen LogP contribution in [0.15, 0.2) is 0 Å². The molecule has 0 unspecified atom stereocenters. The fourth-order valence-corrected chi connectivity index (χ4v) is 2.65. The van der Waals surface area contributed by atoms with Gasteiger partial charge in [-0.1, -0.05) is 84.0 Å². The Balaban J connectivity index is -0.00000242. The van der Waals surface area contributed by atoms with E-state index < -0.39 is 11.9 Å². The van der Waals surface area contributed by atoms with Crippen molar-refractivity contribution in [2.45, 2.75) is 96.8 Å². The standard InChI is InChI=1S/C19H37NO3.Au.Na/c1-3-4-5-6-7-8-9-10-11-12-13-14-15-16-18(21)23-19(22)17-20-2;;/h20H,3-17H2,1-2H3;;. The molecule has 4 nitrogen and oxygen atoms in total. The molecule has 0 heterocycles. The summed E-state index contributed by atoms with van der Waals surface area (Å²) in [4.78, 5) is 22.4. The monoisotopic (exact) mass is 547 g/mol. The van der Waals surface area contributed by atoms with Gasteiger partial charge in [0.15, 0.2) is 0 Å². The molecule has 0 spiro atoms. The van der Waals surface area contributed by atoms with Gasteiger partial charge in [-0.2, -0.15) is 0 Å². The Bertz CT molecular complexity index is 304. The molecule has 2 radical (unpaired) electrons. The summed E-state index contributed by atoms with van der Waals surface area (Å²) in [6.07, 6.45) is 17.0. The van der Waals surface area contributed by atoms with Gasteiger partial charge in [0.1, 0.15) is 0 Å².